The Labute approximate surface area is 236 Å². The fourth-order valence-electron chi connectivity index (χ4n) is 3.86. The van der Waals surface area contributed by atoms with Gasteiger partial charge in [0.05, 0.1) is 6.42 Å². The molecule has 0 spiro atoms. The molecule has 0 unspecified atom stereocenters. The molecule has 14 heteroatoms. The van der Waals surface area contributed by atoms with E-state index in [1.54, 1.807) is 42.5 Å². The number of fused-ring (bicyclic) bond motifs is 1. The number of benzene rings is 3. The first-order valence-corrected chi connectivity index (χ1v) is 12.4. The molecule has 0 aliphatic heterocycles. The minimum Gasteiger partial charge on any atom is -0.481 e. The highest BCUT2D eigenvalue weighted by Gasteiger charge is 2.32. The minimum absolute atomic E-state index is 0.0739. The van der Waals surface area contributed by atoms with Crippen molar-refractivity contribution in [1.29, 1.82) is 0 Å². The number of anilines is 1. The van der Waals surface area contributed by atoms with Crippen LogP contribution >= 0.6 is 0 Å². The smallest absolute Gasteiger partial charge is 0.313 e. The molecule has 0 saturated heterocycles. The SMILES string of the molecule is CC(C)[C@H](NC(=O)C(=O)Nc1cccc2ccccc12)C(=O)N[C@@H](CC(=O)O)C(=O)COc1c(F)c(F)cc(F)c1F. The maximum absolute atomic E-state index is 13.9. The van der Waals surface area contributed by atoms with Crippen molar-refractivity contribution in [3.05, 3.63) is 71.8 Å². The number of carbonyl (C=O) groups excluding carboxylic acids is 4. The molecule has 3 rings (SSSR count). The molecule has 0 heterocycles. The summed E-state index contributed by atoms with van der Waals surface area (Å²) >= 11 is 0. The molecule has 0 aliphatic carbocycles. The predicted octanol–water partition coefficient (Wildman–Crippen LogP) is 3.08. The Kier molecular flexibility index (Phi) is 10.2. The van der Waals surface area contributed by atoms with Crippen LogP contribution in [0.15, 0.2) is 48.5 Å². The van der Waals surface area contributed by atoms with Crippen molar-refractivity contribution >= 4 is 45.9 Å². The van der Waals surface area contributed by atoms with Crippen LogP contribution in [0.5, 0.6) is 5.75 Å². The standard InChI is InChI=1S/C28H25F4N3O7/c1-13(2)24(35-28(41)27(40)33-18-9-5-7-14-6-3-4-8-15(14)18)26(39)34-19(11-21(37)38)20(36)12-42-25-22(31)16(29)10-17(30)23(25)32/h3-10,13,19,24H,11-12H2,1-2H3,(H,33,40)(H,34,39)(H,35,41)(H,37,38)/t19-,24-/m0/s1. The van der Waals surface area contributed by atoms with Crippen LogP contribution in [0.3, 0.4) is 0 Å². The van der Waals surface area contributed by atoms with Crippen LogP contribution in [-0.4, -0.2) is 53.3 Å². The van der Waals surface area contributed by atoms with Gasteiger partial charge in [0.1, 0.15) is 18.7 Å². The molecular formula is C28H25F4N3O7. The summed E-state index contributed by atoms with van der Waals surface area (Å²) in [4.78, 5) is 62.2. The average molecular weight is 592 g/mol. The number of carboxylic acids is 1. The number of aliphatic carboxylic acids is 1. The number of hydrogen-bond donors (Lipinski definition) is 4. The zero-order valence-electron chi connectivity index (χ0n) is 22.2. The van der Waals surface area contributed by atoms with Gasteiger partial charge >= 0.3 is 17.8 Å². The van der Waals surface area contributed by atoms with Crippen molar-refractivity contribution in [2.24, 2.45) is 5.92 Å². The van der Waals surface area contributed by atoms with Crippen LogP contribution in [0.4, 0.5) is 23.2 Å². The van der Waals surface area contributed by atoms with E-state index in [0.29, 0.717) is 11.1 Å². The Morgan fingerprint density at radius 1 is 0.857 bits per heavy atom. The number of halogens is 4. The van der Waals surface area contributed by atoms with Gasteiger partial charge in [0.2, 0.25) is 17.5 Å². The third-order valence-corrected chi connectivity index (χ3v) is 5.99. The lowest BCUT2D eigenvalue weighted by Gasteiger charge is -2.24. The van der Waals surface area contributed by atoms with Crippen LogP contribution < -0.4 is 20.7 Å². The molecule has 3 amide bonds. The van der Waals surface area contributed by atoms with Gasteiger partial charge in [0, 0.05) is 17.1 Å². The number of hydrogen-bond acceptors (Lipinski definition) is 6. The van der Waals surface area contributed by atoms with Crippen molar-refractivity contribution in [3.63, 3.8) is 0 Å². The van der Waals surface area contributed by atoms with E-state index >= 15 is 0 Å². The first-order valence-electron chi connectivity index (χ1n) is 12.4. The van der Waals surface area contributed by atoms with Crippen molar-refractivity contribution in [2.45, 2.75) is 32.4 Å². The molecule has 10 nitrogen and oxygen atoms in total. The molecule has 0 radical (unpaired) electrons. The normalized spacial score (nSPS) is 12.4. The Bertz CT molecular complexity index is 1520. The highest BCUT2D eigenvalue weighted by atomic mass is 19.2. The van der Waals surface area contributed by atoms with Gasteiger partial charge in [-0.15, -0.1) is 0 Å². The van der Waals surface area contributed by atoms with E-state index in [1.165, 1.54) is 13.8 Å². The Morgan fingerprint density at radius 2 is 1.48 bits per heavy atom. The molecule has 4 N–H and O–H groups in total. The molecular weight excluding hydrogens is 566 g/mol. The van der Waals surface area contributed by atoms with E-state index in [-0.39, 0.29) is 6.07 Å². The van der Waals surface area contributed by atoms with Gasteiger partial charge in [-0.2, -0.15) is 8.78 Å². The summed E-state index contributed by atoms with van der Waals surface area (Å²) in [5.74, 6) is -15.8. The molecule has 3 aromatic carbocycles. The maximum Gasteiger partial charge on any atom is 0.313 e. The number of amides is 3. The van der Waals surface area contributed by atoms with Crippen molar-refractivity contribution in [3.8, 4) is 5.75 Å². The van der Waals surface area contributed by atoms with E-state index in [2.05, 4.69) is 20.7 Å². The molecule has 42 heavy (non-hydrogen) atoms. The number of carboxylic acid groups (broad SMARTS) is 1. The Balaban J connectivity index is 1.70. The van der Waals surface area contributed by atoms with Crippen LogP contribution in [0, 0.1) is 29.2 Å². The minimum atomic E-state index is -1.93. The average Bonchev–Trinajstić information content (AvgIpc) is 2.93. The van der Waals surface area contributed by atoms with Gasteiger partial charge < -0.3 is 25.8 Å². The molecule has 0 fully saturated rings. The summed E-state index contributed by atoms with van der Waals surface area (Å²) in [6.07, 6.45) is -1.02. The van der Waals surface area contributed by atoms with Crippen molar-refractivity contribution in [1.82, 2.24) is 10.6 Å². The molecule has 0 aliphatic rings. The number of Topliss-reactive ketones (excluding diaryl/α,β-unsaturated/α-hetero) is 1. The van der Waals surface area contributed by atoms with Gasteiger partial charge in [-0.3, -0.25) is 24.0 Å². The number of rotatable bonds is 11. The fraction of sp³-hybridized carbons (Fsp3) is 0.250. The second-order valence-electron chi connectivity index (χ2n) is 9.39. The van der Waals surface area contributed by atoms with Gasteiger partial charge in [0.25, 0.3) is 0 Å². The highest BCUT2D eigenvalue weighted by molar-refractivity contribution is 6.40. The summed E-state index contributed by atoms with van der Waals surface area (Å²) < 4.78 is 59.1. The molecule has 0 bridgehead atoms. The summed E-state index contributed by atoms with van der Waals surface area (Å²) in [7, 11) is 0. The third kappa shape index (κ3) is 7.59. The summed E-state index contributed by atoms with van der Waals surface area (Å²) in [6, 6.07) is 8.73. The zero-order valence-corrected chi connectivity index (χ0v) is 22.2. The topological polar surface area (TPSA) is 151 Å². The Morgan fingerprint density at radius 3 is 2.10 bits per heavy atom. The number of ketones is 1. The van der Waals surface area contributed by atoms with E-state index in [0.717, 1.165) is 5.39 Å². The molecule has 0 saturated carbocycles. The summed E-state index contributed by atoms with van der Waals surface area (Å²) in [5, 5.41) is 17.4. The lowest BCUT2D eigenvalue weighted by molar-refractivity contribution is -0.141. The van der Waals surface area contributed by atoms with Crippen LogP contribution in [0.25, 0.3) is 10.8 Å². The van der Waals surface area contributed by atoms with Crippen molar-refractivity contribution < 1.29 is 51.4 Å². The molecule has 3 aromatic rings. The summed E-state index contributed by atoms with van der Waals surface area (Å²) in [6.45, 7) is 1.71. The number of ether oxygens (including phenoxy) is 1. The first-order chi connectivity index (χ1) is 19.8. The van der Waals surface area contributed by atoms with E-state index in [1.807, 2.05) is 0 Å². The molecule has 2 atom stereocenters. The third-order valence-electron chi connectivity index (χ3n) is 5.99. The van der Waals surface area contributed by atoms with E-state index < -0.39 is 89.5 Å². The molecule has 0 aromatic heterocycles. The van der Waals surface area contributed by atoms with Gasteiger partial charge in [-0.05, 0) is 17.4 Å². The van der Waals surface area contributed by atoms with E-state index in [9.17, 15) is 46.6 Å². The maximum atomic E-state index is 13.9. The summed E-state index contributed by atoms with van der Waals surface area (Å²) in [5.41, 5.74) is 0.331. The van der Waals surface area contributed by atoms with Gasteiger partial charge in [-0.1, -0.05) is 50.2 Å². The van der Waals surface area contributed by atoms with E-state index in [4.69, 9.17) is 0 Å². The van der Waals surface area contributed by atoms with Crippen LogP contribution in [0.2, 0.25) is 0 Å². The lowest BCUT2D eigenvalue weighted by atomic mass is 10.0. The molecule has 222 valence electrons. The Hall–Kier alpha value is -5.01. The monoisotopic (exact) mass is 591 g/mol. The van der Waals surface area contributed by atoms with Crippen LogP contribution in [-0.2, 0) is 24.0 Å². The predicted molar refractivity (Wildman–Crippen MR) is 140 cm³/mol. The van der Waals surface area contributed by atoms with Gasteiger partial charge in [0.15, 0.2) is 23.2 Å². The quantitative estimate of drug-likeness (QED) is 0.152. The van der Waals surface area contributed by atoms with Crippen molar-refractivity contribution in [2.75, 3.05) is 11.9 Å². The zero-order chi connectivity index (χ0) is 31.1. The highest BCUT2D eigenvalue weighted by Crippen LogP contribution is 2.26. The second-order valence-corrected chi connectivity index (χ2v) is 9.39. The number of nitrogens with one attached hydrogen (secondary N) is 3. The lowest BCUT2D eigenvalue weighted by Crippen LogP contribution is -2.56. The largest absolute Gasteiger partial charge is 0.481 e. The van der Waals surface area contributed by atoms with Crippen LogP contribution in [0.1, 0.15) is 20.3 Å². The number of carbonyl (C=O) groups is 5. The second kappa shape index (κ2) is 13.6. The fourth-order valence-corrected chi connectivity index (χ4v) is 3.86. The first kappa shape index (κ1) is 31.5. The van der Waals surface area contributed by atoms with Gasteiger partial charge in [-0.25, -0.2) is 8.78 Å².